The van der Waals surface area contributed by atoms with E-state index in [4.69, 9.17) is 4.74 Å². The number of nitro benzene ring substituents is 1. The molecule has 1 aliphatic heterocycles. The fourth-order valence-electron chi connectivity index (χ4n) is 4.80. The maximum Gasteiger partial charge on any atom is 0.270 e. The third kappa shape index (κ3) is 3.40. The third-order valence-electron chi connectivity index (χ3n) is 6.32. The molecule has 1 N–H and O–H groups in total. The molecule has 3 aromatic rings. The van der Waals surface area contributed by atoms with E-state index in [-0.39, 0.29) is 22.6 Å². The Labute approximate surface area is 180 Å². The van der Waals surface area contributed by atoms with Gasteiger partial charge in [-0.1, -0.05) is 37.3 Å². The lowest BCUT2D eigenvalue weighted by Gasteiger charge is -2.28. The molecule has 7 nitrogen and oxygen atoms in total. The van der Waals surface area contributed by atoms with Gasteiger partial charge in [-0.15, -0.1) is 0 Å². The Kier molecular flexibility index (Phi) is 4.62. The van der Waals surface area contributed by atoms with Gasteiger partial charge in [0.05, 0.1) is 15.5 Å². The molecule has 3 atom stereocenters. The van der Waals surface area contributed by atoms with E-state index in [9.17, 15) is 18.5 Å². The van der Waals surface area contributed by atoms with Crippen molar-refractivity contribution in [2.75, 3.05) is 4.72 Å². The van der Waals surface area contributed by atoms with Crippen LogP contribution in [0.2, 0.25) is 0 Å². The Morgan fingerprint density at radius 3 is 2.61 bits per heavy atom. The van der Waals surface area contributed by atoms with E-state index >= 15 is 0 Å². The summed E-state index contributed by atoms with van der Waals surface area (Å²) in [7, 11) is -4.01. The van der Waals surface area contributed by atoms with E-state index in [1.54, 1.807) is 0 Å². The van der Waals surface area contributed by atoms with Crippen LogP contribution < -0.4 is 9.46 Å². The molecule has 3 unspecified atom stereocenters. The van der Waals surface area contributed by atoms with Crippen LogP contribution >= 0.6 is 0 Å². The second-order valence-electron chi connectivity index (χ2n) is 8.43. The number of nitrogens with zero attached hydrogens (tertiary/aromatic N) is 1. The minimum atomic E-state index is -4.01. The maximum absolute atomic E-state index is 13.1. The van der Waals surface area contributed by atoms with Gasteiger partial charge in [0.15, 0.2) is 0 Å². The predicted octanol–water partition coefficient (Wildman–Crippen LogP) is 5.21. The van der Waals surface area contributed by atoms with Crippen molar-refractivity contribution < 1.29 is 18.1 Å². The number of ether oxygens (including phenoxy) is 1. The molecule has 0 radical (unpaired) electrons. The van der Waals surface area contributed by atoms with Gasteiger partial charge in [-0.3, -0.25) is 14.8 Å². The lowest BCUT2D eigenvalue weighted by molar-refractivity contribution is -0.385. The average molecular weight is 439 g/mol. The van der Waals surface area contributed by atoms with Gasteiger partial charge in [0.2, 0.25) is 0 Å². The first-order chi connectivity index (χ1) is 14.8. The highest BCUT2D eigenvalue weighted by atomic mass is 32.2. The highest BCUT2D eigenvalue weighted by molar-refractivity contribution is 7.92. The summed E-state index contributed by atoms with van der Waals surface area (Å²) in [6.45, 7) is 2.24. The van der Waals surface area contributed by atoms with Gasteiger partial charge >= 0.3 is 0 Å². The van der Waals surface area contributed by atoms with Gasteiger partial charge in [0.25, 0.3) is 15.7 Å². The van der Waals surface area contributed by atoms with Crippen LogP contribution in [0.3, 0.4) is 0 Å². The molecule has 160 valence electrons. The van der Waals surface area contributed by atoms with Crippen LogP contribution in [0.5, 0.6) is 5.75 Å². The van der Waals surface area contributed by atoms with E-state index in [1.807, 2.05) is 30.3 Å². The van der Waals surface area contributed by atoms with Crippen LogP contribution in [0.4, 0.5) is 11.4 Å². The second kappa shape index (κ2) is 7.23. The maximum atomic E-state index is 13.1. The molecule has 1 aliphatic carbocycles. The zero-order chi connectivity index (χ0) is 21.8. The SMILES string of the molecule is CC1CCC2Oc3c(cc(NS(=O)(=O)c4cccc([N+](=O)[O-])c4)c4ccccc34)C2C1. The molecular weight excluding hydrogens is 416 g/mol. The summed E-state index contributed by atoms with van der Waals surface area (Å²) in [6.07, 6.45) is 3.24. The normalized spacial score (nSPS) is 22.4. The predicted molar refractivity (Wildman–Crippen MR) is 118 cm³/mol. The number of rotatable bonds is 4. The van der Waals surface area contributed by atoms with Crippen molar-refractivity contribution >= 4 is 32.2 Å². The Bertz CT molecular complexity index is 1300. The number of nitro groups is 1. The standard InChI is InChI=1S/C23H22N2O5S/c1-14-9-10-22-19(11-14)20-13-21(17-7-2-3-8-18(17)23(20)30-22)24-31(28,29)16-6-4-5-15(12-16)25(26)27/h2-8,12-14,19,22,24H,9-11H2,1H3. The molecule has 1 heterocycles. The van der Waals surface area contributed by atoms with Crippen molar-refractivity contribution in [2.24, 2.45) is 5.92 Å². The zero-order valence-electron chi connectivity index (χ0n) is 16.9. The molecule has 3 aromatic carbocycles. The highest BCUT2D eigenvalue weighted by Gasteiger charge is 2.39. The number of nitrogens with one attached hydrogen (secondary N) is 1. The topological polar surface area (TPSA) is 98.5 Å². The van der Waals surface area contributed by atoms with Crippen LogP contribution in [-0.2, 0) is 10.0 Å². The molecule has 5 rings (SSSR count). The smallest absolute Gasteiger partial charge is 0.270 e. The summed E-state index contributed by atoms with van der Waals surface area (Å²) in [5.41, 5.74) is 1.23. The summed E-state index contributed by atoms with van der Waals surface area (Å²) in [5, 5.41) is 12.7. The van der Waals surface area contributed by atoms with Gasteiger partial charge < -0.3 is 4.74 Å². The first kappa shape index (κ1) is 19.8. The van der Waals surface area contributed by atoms with Crippen molar-refractivity contribution in [3.63, 3.8) is 0 Å². The van der Waals surface area contributed by atoms with E-state index in [0.29, 0.717) is 11.6 Å². The first-order valence-corrected chi connectivity index (χ1v) is 11.8. The highest BCUT2D eigenvalue weighted by Crippen LogP contribution is 2.51. The van der Waals surface area contributed by atoms with Gasteiger partial charge in [-0.25, -0.2) is 8.42 Å². The number of hydrogen-bond acceptors (Lipinski definition) is 5. The fraction of sp³-hybridized carbons (Fsp3) is 0.304. The molecule has 0 spiro atoms. The Morgan fingerprint density at radius 1 is 1.06 bits per heavy atom. The molecule has 0 aromatic heterocycles. The Morgan fingerprint density at radius 2 is 1.84 bits per heavy atom. The van der Waals surface area contributed by atoms with E-state index in [1.165, 1.54) is 18.2 Å². The van der Waals surface area contributed by atoms with E-state index in [2.05, 4.69) is 11.6 Å². The van der Waals surface area contributed by atoms with Crippen LogP contribution in [0.15, 0.2) is 59.5 Å². The number of benzene rings is 3. The van der Waals surface area contributed by atoms with E-state index in [0.717, 1.165) is 47.4 Å². The number of non-ortho nitro benzene ring substituents is 1. The minimum Gasteiger partial charge on any atom is -0.489 e. The third-order valence-corrected chi connectivity index (χ3v) is 7.69. The molecule has 1 saturated carbocycles. The lowest BCUT2D eigenvalue weighted by Crippen LogP contribution is -2.26. The monoisotopic (exact) mass is 438 g/mol. The summed E-state index contributed by atoms with van der Waals surface area (Å²) >= 11 is 0. The average Bonchev–Trinajstić information content (AvgIpc) is 3.12. The quantitative estimate of drug-likeness (QED) is 0.445. The van der Waals surface area contributed by atoms with E-state index < -0.39 is 14.9 Å². The molecule has 0 amide bonds. The number of anilines is 1. The summed E-state index contributed by atoms with van der Waals surface area (Å²) in [4.78, 5) is 10.3. The molecule has 8 heteroatoms. The molecule has 2 aliphatic rings. The van der Waals surface area contributed by atoms with Crippen molar-refractivity contribution in [3.05, 3.63) is 70.3 Å². The lowest BCUT2D eigenvalue weighted by atomic mass is 9.77. The van der Waals surface area contributed by atoms with Crippen molar-refractivity contribution in [2.45, 2.75) is 43.1 Å². The summed E-state index contributed by atoms with van der Waals surface area (Å²) in [6, 6.07) is 14.5. The largest absolute Gasteiger partial charge is 0.489 e. The van der Waals surface area contributed by atoms with Gasteiger partial charge in [0, 0.05) is 34.4 Å². The number of hydrogen-bond donors (Lipinski definition) is 1. The molecule has 31 heavy (non-hydrogen) atoms. The van der Waals surface area contributed by atoms with Crippen molar-refractivity contribution in [3.8, 4) is 5.75 Å². The Hall–Kier alpha value is -3.13. The first-order valence-electron chi connectivity index (χ1n) is 10.3. The summed E-state index contributed by atoms with van der Waals surface area (Å²) in [5.74, 6) is 1.68. The number of sulfonamides is 1. The minimum absolute atomic E-state index is 0.123. The molecular formula is C23H22N2O5S. The molecule has 1 fully saturated rings. The molecule has 0 saturated heterocycles. The Balaban J connectivity index is 1.61. The van der Waals surface area contributed by atoms with Gasteiger partial charge in [-0.05, 0) is 37.3 Å². The van der Waals surface area contributed by atoms with Crippen LogP contribution in [-0.4, -0.2) is 19.4 Å². The number of fused-ring (bicyclic) bond motifs is 5. The summed E-state index contributed by atoms with van der Waals surface area (Å²) < 4.78 is 35.2. The molecule has 0 bridgehead atoms. The van der Waals surface area contributed by atoms with Crippen LogP contribution in [0.1, 0.15) is 37.7 Å². The fourth-order valence-corrected chi connectivity index (χ4v) is 5.91. The second-order valence-corrected chi connectivity index (χ2v) is 10.1. The van der Waals surface area contributed by atoms with Crippen LogP contribution in [0.25, 0.3) is 10.8 Å². The van der Waals surface area contributed by atoms with Crippen LogP contribution in [0, 0.1) is 16.0 Å². The zero-order valence-corrected chi connectivity index (χ0v) is 17.8. The van der Waals surface area contributed by atoms with Gasteiger partial charge in [-0.2, -0.15) is 0 Å². The van der Waals surface area contributed by atoms with Gasteiger partial charge in [0.1, 0.15) is 11.9 Å². The van der Waals surface area contributed by atoms with Crippen molar-refractivity contribution in [1.29, 1.82) is 0 Å². The van der Waals surface area contributed by atoms with Crippen molar-refractivity contribution in [1.82, 2.24) is 0 Å².